The first-order chi connectivity index (χ1) is 11.9. The summed E-state index contributed by atoms with van der Waals surface area (Å²) in [4.78, 5) is 10.8. The van der Waals surface area contributed by atoms with Crippen molar-refractivity contribution >= 4 is 16.0 Å². The maximum absolute atomic E-state index is 12.2. The molecule has 2 aromatic carbocycles. The molecule has 5 nitrogen and oxygen atoms in total. The number of hydrogen-bond donors (Lipinski definition) is 2. The number of carboxylic acids is 1. The summed E-state index contributed by atoms with van der Waals surface area (Å²) in [5.41, 5.74) is 3.87. The van der Waals surface area contributed by atoms with Gasteiger partial charge < -0.3 is 5.11 Å². The van der Waals surface area contributed by atoms with Crippen LogP contribution in [0.3, 0.4) is 0 Å². The molecule has 0 aliphatic heterocycles. The number of rotatable bonds is 7. The quantitative estimate of drug-likeness (QED) is 0.793. The van der Waals surface area contributed by atoms with Gasteiger partial charge in [-0.25, -0.2) is 13.1 Å². The summed E-state index contributed by atoms with van der Waals surface area (Å²) >= 11 is 0. The molecule has 0 saturated heterocycles. The molecule has 1 atom stereocenters. The van der Waals surface area contributed by atoms with E-state index in [0.29, 0.717) is 6.54 Å². The Hall–Kier alpha value is -2.18. The zero-order chi connectivity index (χ0) is 17.9. The van der Waals surface area contributed by atoms with E-state index in [9.17, 15) is 13.2 Å². The first-order valence-electron chi connectivity index (χ1n) is 8.25. The van der Waals surface area contributed by atoms with Crippen LogP contribution < -0.4 is 4.72 Å². The van der Waals surface area contributed by atoms with Crippen LogP contribution in [0.5, 0.6) is 0 Å². The van der Waals surface area contributed by atoms with Gasteiger partial charge in [-0.1, -0.05) is 48.5 Å². The van der Waals surface area contributed by atoms with Crippen LogP contribution in [0.2, 0.25) is 0 Å². The molecule has 0 fully saturated rings. The molecule has 0 bridgehead atoms. The van der Waals surface area contributed by atoms with E-state index in [1.165, 1.54) is 5.56 Å². The number of sulfonamides is 1. The third kappa shape index (κ3) is 4.90. The fourth-order valence-corrected chi connectivity index (χ4v) is 4.50. The van der Waals surface area contributed by atoms with Crippen LogP contribution in [0.4, 0.5) is 0 Å². The third-order valence-corrected chi connectivity index (χ3v) is 5.75. The number of fused-ring (bicyclic) bond motifs is 1. The average molecular weight is 359 g/mol. The van der Waals surface area contributed by atoms with Crippen LogP contribution in [0.25, 0.3) is 0 Å². The molecular formula is C19H21NO4S. The van der Waals surface area contributed by atoms with Gasteiger partial charge in [-0.15, -0.1) is 0 Å². The molecule has 0 heterocycles. The molecule has 6 heteroatoms. The van der Waals surface area contributed by atoms with Gasteiger partial charge in [-0.2, -0.15) is 0 Å². The van der Waals surface area contributed by atoms with E-state index in [1.54, 1.807) is 12.1 Å². The molecule has 0 saturated carbocycles. The zero-order valence-electron chi connectivity index (χ0n) is 13.8. The van der Waals surface area contributed by atoms with E-state index in [1.807, 2.05) is 36.4 Å². The maximum atomic E-state index is 12.2. The van der Waals surface area contributed by atoms with E-state index >= 15 is 0 Å². The van der Waals surface area contributed by atoms with E-state index < -0.39 is 16.0 Å². The maximum Gasteiger partial charge on any atom is 0.307 e. The van der Waals surface area contributed by atoms with Crippen molar-refractivity contribution in [1.29, 1.82) is 0 Å². The highest BCUT2D eigenvalue weighted by atomic mass is 32.2. The van der Waals surface area contributed by atoms with Crippen molar-refractivity contribution in [2.24, 2.45) is 5.92 Å². The van der Waals surface area contributed by atoms with Gasteiger partial charge in [0.25, 0.3) is 0 Å². The number of carboxylic acid groups (broad SMARTS) is 1. The smallest absolute Gasteiger partial charge is 0.307 e. The van der Waals surface area contributed by atoms with Gasteiger partial charge in [0.1, 0.15) is 0 Å². The number of aliphatic carboxylic acids is 1. The SMILES string of the molecule is O=C(O)Cc1ccc2c(c1)CC(CNS(=O)(=O)Cc1ccccc1)C2. The summed E-state index contributed by atoms with van der Waals surface area (Å²) in [6.07, 6.45) is 1.61. The lowest BCUT2D eigenvalue weighted by atomic mass is 10.0. The van der Waals surface area contributed by atoms with E-state index in [-0.39, 0.29) is 18.1 Å². The molecule has 0 spiro atoms. The number of hydrogen-bond acceptors (Lipinski definition) is 3. The first-order valence-corrected chi connectivity index (χ1v) is 9.90. The molecule has 25 heavy (non-hydrogen) atoms. The highest BCUT2D eigenvalue weighted by molar-refractivity contribution is 7.88. The molecule has 2 aromatic rings. The van der Waals surface area contributed by atoms with Crippen molar-refractivity contribution in [2.45, 2.75) is 25.0 Å². The largest absolute Gasteiger partial charge is 0.481 e. The van der Waals surface area contributed by atoms with Gasteiger partial charge in [-0.05, 0) is 41.0 Å². The Morgan fingerprint density at radius 3 is 2.48 bits per heavy atom. The lowest BCUT2D eigenvalue weighted by Crippen LogP contribution is -2.30. The van der Waals surface area contributed by atoms with Crippen LogP contribution in [0.15, 0.2) is 48.5 Å². The van der Waals surface area contributed by atoms with Crippen molar-refractivity contribution in [2.75, 3.05) is 6.54 Å². The predicted octanol–water partition coefficient (Wildman–Crippen LogP) is 2.15. The fourth-order valence-electron chi connectivity index (χ4n) is 3.28. The van der Waals surface area contributed by atoms with Gasteiger partial charge in [0.2, 0.25) is 10.0 Å². The molecule has 0 amide bonds. The van der Waals surface area contributed by atoms with Crippen molar-refractivity contribution in [1.82, 2.24) is 4.72 Å². The first kappa shape index (κ1) is 17.6. The Balaban J connectivity index is 1.57. The van der Waals surface area contributed by atoms with Gasteiger partial charge >= 0.3 is 5.97 Å². The van der Waals surface area contributed by atoms with Crippen molar-refractivity contribution in [3.05, 3.63) is 70.8 Å². The number of nitrogens with one attached hydrogen (secondary N) is 1. The molecule has 3 rings (SSSR count). The molecular weight excluding hydrogens is 338 g/mol. The third-order valence-electron chi connectivity index (χ3n) is 4.43. The number of benzene rings is 2. The highest BCUT2D eigenvalue weighted by Gasteiger charge is 2.23. The highest BCUT2D eigenvalue weighted by Crippen LogP contribution is 2.27. The van der Waals surface area contributed by atoms with Crippen LogP contribution in [0, 0.1) is 5.92 Å². The van der Waals surface area contributed by atoms with Gasteiger partial charge in [0, 0.05) is 6.54 Å². The molecule has 1 aliphatic rings. The zero-order valence-corrected chi connectivity index (χ0v) is 14.6. The second-order valence-electron chi connectivity index (χ2n) is 6.54. The summed E-state index contributed by atoms with van der Waals surface area (Å²) < 4.78 is 27.2. The second kappa shape index (κ2) is 7.37. The second-order valence-corrected chi connectivity index (χ2v) is 8.35. The molecule has 0 radical (unpaired) electrons. The Morgan fingerprint density at radius 1 is 1.04 bits per heavy atom. The Kier molecular flexibility index (Phi) is 5.20. The fraction of sp³-hybridized carbons (Fsp3) is 0.316. The molecule has 2 N–H and O–H groups in total. The van der Waals surface area contributed by atoms with Gasteiger partial charge in [0.05, 0.1) is 12.2 Å². The normalized spacial score (nSPS) is 16.6. The summed E-state index contributed by atoms with van der Waals surface area (Å²) in [5, 5.41) is 8.89. The van der Waals surface area contributed by atoms with Gasteiger partial charge in [0.15, 0.2) is 0 Å². The molecule has 132 valence electrons. The summed E-state index contributed by atoms with van der Waals surface area (Å²) in [5.74, 6) is -0.653. The Morgan fingerprint density at radius 2 is 1.76 bits per heavy atom. The number of carbonyl (C=O) groups is 1. The molecule has 1 unspecified atom stereocenters. The minimum atomic E-state index is -3.36. The summed E-state index contributed by atoms with van der Waals surface area (Å²) in [6.45, 7) is 0.401. The Bertz CT molecular complexity index is 862. The van der Waals surface area contributed by atoms with Crippen molar-refractivity contribution in [3.8, 4) is 0 Å². The lowest BCUT2D eigenvalue weighted by molar-refractivity contribution is -0.136. The lowest BCUT2D eigenvalue weighted by Gasteiger charge is -2.11. The van der Waals surface area contributed by atoms with Crippen LogP contribution in [0.1, 0.15) is 22.3 Å². The van der Waals surface area contributed by atoms with Crippen LogP contribution in [-0.2, 0) is 39.8 Å². The Labute approximate surface area is 147 Å². The van der Waals surface area contributed by atoms with E-state index in [4.69, 9.17) is 5.11 Å². The van der Waals surface area contributed by atoms with Crippen molar-refractivity contribution in [3.63, 3.8) is 0 Å². The minimum absolute atomic E-state index is 0.0155. The molecule has 0 aromatic heterocycles. The van der Waals surface area contributed by atoms with Crippen molar-refractivity contribution < 1.29 is 18.3 Å². The predicted molar refractivity (Wildman–Crippen MR) is 95.7 cm³/mol. The van der Waals surface area contributed by atoms with Crippen LogP contribution >= 0.6 is 0 Å². The minimum Gasteiger partial charge on any atom is -0.481 e. The standard InChI is InChI=1S/C19H21NO4S/c21-19(22)11-15-6-7-17-9-16(10-18(17)8-15)12-20-25(23,24)13-14-4-2-1-3-5-14/h1-8,16,20H,9-13H2,(H,21,22). The monoisotopic (exact) mass is 359 g/mol. The van der Waals surface area contributed by atoms with Crippen LogP contribution in [-0.4, -0.2) is 26.0 Å². The summed E-state index contributed by atoms with van der Waals surface area (Å²) in [6, 6.07) is 14.9. The topological polar surface area (TPSA) is 83.5 Å². The molecule has 1 aliphatic carbocycles. The summed E-state index contributed by atoms with van der Waals surface area (Å²) in [7, 11) is -3.36. The average Bonchev–Trinajstić information content (AvgIpc) is 2.95. The van der Waals surface area contributed by atoms with E-state index in [2.05, 4.69) is 4.72 Å². The van der Waals surface area contributed by atoms with Gasteiger partial charge in [-0.3, -0.25) is 4.79 Å². The van der Waals surface area contributed by atoms with E-state index in [0.717, 1.165) is 29.5 Å².